The Hall–Kier alpha value is -1.63. The van der Waals surface area contributed by atoms with Crippen LogP contribution in [0.1, 0.15) is 13.8 Å². The third-order valence-electron chi connectivity index (χ3n) is 2.94. The van der Waals surface area contributed by atoms with E-state index < -0.39 is 0 Å². The summed E-state index contributed by atoms with van der Waals surface area (Å²) < 4.78 is 0. The van der Waals surface area contributed by atoms with Crippen LogP contribution < -0.4 is 10.2 Å². The Bertz CT molecular complexity index is 460. The highest BCUT2D eigenvalue weighted by atomic mass is 35.5. The van der Waals surface area contributed by atoms with Crippen molar-refractivity contribution in [2.45, 2.75) is 13.8 Å². The molecule has 2 rings (SSSR count). The highest BCUT2D eigenvalue weighted by molar-refractivity contribution is 6.28. The van der Waals surface area contributed by atoms with E-state index in [4.69, 9.17) is 11.6 Å². The molecule has 104 valence electrons. The molecule has 2 heterocycles. The van der Waals surface area contributed by atoms with Crippen molar-refractivity contribution in [2.24, 2.45) is 0 Å². The molecule has 0 unspecified atom stereocenters. The monoisotopic (exact) mass is 284 g/mol. The number of carbonyl (C=O) groups excluding carboxylic acids is 1. The minimum atomic E-state index is 0.0988. The van der Waals surface area contributed by atoms with Crippen molar-refractivity contribution >= 4 is 29.4 Å². The number of nitrogens with zero attached hydrogens (tertiary/aromatic N) is 5. The Balaban J connectivity index is 2.08. The Labute approximate surface area is 117 Å². The number of aromatic nitrogens is 3. The number of carbonyl (C=O) groups is 1. The lowest BCUT2D eigenvalue weighted by Gasteiger charge is -2.34. The quantitative estimate of drug-likeness (QED) is 0.877. The van der Waals surface area contributed by atoms with Gasteiger partial charge < -0.3 is 15.1 Å². The zero-order valence-electron chi connectivity index (χ0n) is 11.1. The highest BCUT2D eigenvalue weighted by Gasteiger charge is 2.21. The molecular formula is C11H17ClN6O. The van der Waals surface area contributed by atoms with Crippen molar-refractivity contribution in [3.05, 3.63) is 5.28 Å². The van der Waals surface area contributed by atoms with Crippen LogP contribution in [0.2, 0.25) is 5.28 Å². The van der Waals surface area contributed by atoms with E-state index >= 15 is 0 Å². The van der Waals surface area contributed by atoms with Gasteiger partial charge in [-0.25, -0.2) is 0 Å². The van der Waals surface area contributed by atoms with Crippen LogP contribution in [0.3, 0.4) is 0 Å². The summed E-state index contributed by atoms with van der Waals surface area (Å²) in [4.78, 5) is 27.5. The third kappa shape index (κ3) is 3.44. The Morgan fingerprint density at radius 2 is 1.95 bits per heavy atom. The Morgan fingerprint density at radius 1 is 1.26 bits per heavy atom. The highest BCUT2D eigenvalue weighted by Crippen LogP contribution is 2.15. The fourth-order valence-electron chi connectivity index (χ4n) is 1.94. The molecule has 0 saturated carbocycles. The zero-order valence-corrected chi connectivity index (χ0v) is 11.8. The summed E-state index contributed by atoms with van der Waals surface area (Å²) in [7, 11) is 0. The van der Waals surface area contributed by atoms with E-state index in [1.807, 2.05) is 16.7 Å². The van der Waals surface area contributed by atoms with Crippen molar-refractivity contribution < 1.29 is 4.79 Å². The number of hydrogen-bond donors (Lipinski definition) is 1. The van der Waals surface area contributed by atoms with Gasteiger partial charge in [0, 0.05) is 39.6 Å². The molecule has 1 aromatic rings. The maximum atomic E-state index is 11.3. The average molecular weight is 285 g/mol. The summed E-state index contributed by atoms with van der Waals surface area (Å²) in [5.41, 5.74) is 0. The molecule has 0 bridgehead atoms. The second kappa shape index (κ2) is 6.01. The van der Waals surface area contributed by atoms with Gasteiger partial charge >= 0.3 is 0 Å². The zero-order chi connectivity index (χ0) is 13.8. The lowest BCUT2D eigenvalue weighted by molar-refractivity contribution is -0.129. The van der Waals surface area contributed by atoms with Crippen molar-refractivity contribution in [1.82, 2.24) is 19.9 Å². The van der Waals surface area contributed by atoms with Crippen LogP contribution in [0.25, 0.3) is 0 Å². The summed E-state index contributed by atoms with van der Waals surface area (Å²) in [6.45, 7) is 7.01. The molecule has 0 atom stereocenters. The van der Waals surface area contributed by atoms with Crippen molar-refractivity contribution in [3.8, 4) is 0 Å². The molecule has 1 aliphatic rings. The number of nitrogens with one attached hydrogen (secondary N) is 1. The van der Waals surface area contributed by atoms with Gasteiger partial charge in [0.15, 0.2) is 0 Å². The lowest BCUT2D eigenvalue weighted by Crippen LogP contribution is -2.48. The summed E-state index contributed by atoms with van der Waals surface area (Å²) in [6.07, 6.45) is 0. The third-order valence-corrected chi connectivity index (χ3v) is 3.11. The van der Waals surface area contributed by atoms with Gasteiger partial charge in [0.2, 0.25) is 23.1 Å². The van der Waals surface area contributed by atoms with Crippen LogP contribution in [0.15, 0.2) is 0 Å². The molecule has 1 aliphatic heterocycles. The van der Waals surface area contributed by atoms with Gasteiger partial charge in [-0.1, -0.05) is 0 Å². The van der Waals surface area contributed by atoms with Gasteiger partial charge in [-0.05, 0) is 18.5 Å². The predicted octanol–water partition coefficient (Wildman–Crippen LogP) is 0.625. The maximum Gasteiger partial charge on any atom is 0.231 e. The van der Waals surface area contributed by atoms with Crippen LogP contribution in [-0.2, 0) is 4.79 Å². The Morgan fingerprint density at radius 3 is 2.53 bits per heavy atom. The number of anilines is 2. The van der Waals surface area contributed by atoms with E-state index in [2.05, 4.69) is 20.3 Å². The molecule has 0 spiro atoms. The summed E-state index contributed by atoms with van der Waals surface area (Å²) in [5, 5.41) is 3.19. The van der Waals surface area contributed by atoms with E-state index in [9.17, 15) is 4.79 Å². The van der Waals surface area contributed by atoms with E-state index in [1.54, 1.807) is 6.92 Å². The van der Waals surface area contributed by atoms with Crippen LogP contribution in [0, 0.1) is 0 Å². The van der Waals surface area contributed by atoms with Crippen molar-refractivity contribution in [2.75, 3.05) is 42.9 Å². The van der Waals surface area contributed by atoms with Crippen molar-refractivity contribution in [3.63, 3.8) is 0 Å². The van der Waals surface area contributed by atoms with Crippen molar-refractivity contribution in [1.29, 1.82) is 0 Å². The van der Waals surface area contributed by atoms with Gasteiger partial charge in [0.1, 0.15) is 0 Å². The minimum Gasteiger partial charge on any atom is -0.354 e. The van der Waals surface area contributed by atoms with E-state index in [0.717, 1.165) is 6.54 Å². The van der Waals surface area contributed by atoms with Gasteiger partial charge in [0.05, 0.1) is 0 Å². The fourth-order valence-corrected chi connectivity index (χ4v) is 2.10. The van der Waals surface area contributed by atoms with E-state index in [-0.39, 0.29) is 11.2 Å². The van der Waals surface area contributed by atoms with Crippen LogP contribution in [0.5, 0.6) is 0 Å². The summed E-state index contributed by atoms with van der Waals surface area (Å²) >= 11 is 5.89. The molecular weight excluding hydrogens is 268 g/mol. The molecule has 1 aromatic heterocycles. The largest absolute Gasteiger partial charge is 0.354 e. The van der Waals surface area contributed by atoms with Gasteiger partial charge in [0.25, 0.3) is 0 Å². The van der Waals surface area contributed by atoms with Crippen LogP contribution in [0.4, 0.5) is 11.9 Å². The number of amides is 1. The first-order valence-electron chi connectivity index (χ1n) is 6.26. The second-order valence-electron chi connectivity index (χ2n) is 4.25. The molecule has 19 heavy (non-hydrogen) atoms. The molecule has 0 aromatic carbocycles. The smallest absolute Gasteiger partial charge is 0.231 e. The lowest BCUT2D eigenvalue weighted by atomic mass is 10.3. The first kappa shape index (κ1) is 13.8. The first-order valence-corrected chi connectivity index (χ1v) is 6.64. The van der Waals surface area contributed by atoms with Crippen LogP contribution >= 0.6 is 11.6 Å². The predicted molar refractivity (Wildman–Crippen MR) is 73.5 cm³/mol. The molecule has 1 N–H and O–H groups in total. The molecule has 1 fully saturated rings. The number of rotatable bonds is 3. The van der Waals surface area contributed by atoms with Gasteiger partial charge in [-0.2, -0.15) is 15.0 Å². The molecule has 1 saturated heterocycles. The second-order valence-corrected chi connectivity index (χ2v) is 4.59. The molecule has 0 radical (unpaired) electrons. The number of hydrogen-bond acceptors (Lipinski definition) is 6. The SMILES string of the molecule is CCNc1nc(Cl)nc(N2CCN(C(C)=O)CC2)n1. The molecule has 7 nitrogen and oxygen atoms in total. The van der Waals surface area contributed by atoms with Crippen LogP contribution in [-0.4, -0.2) is 58.5 Å². The average Bonchev–Trinajstić information content (AvgIpc) is 2.38. The molecule has 1 amide bonds. The number of halogens is 1. The fraction of sp³-hybridized carbons (Fsp3) is 0.636. The first-order chi connectivity index (χ1) is 9.10. The van der Waals surface area contributed by atoms with E-state index in [0.29, 0.717) is 38.1 Å². The van der Waals surface area contributed by atoms with Gasteiger partial charge in [-0.15, -0.1) is 0 Å². The molecule has 0 aliphatic carbocycles. The maximum absolute atomic E-state index is 11.3. The Kier molecular flexibility index (Phi) is 4.36. The standard InChI is InChI=1S/C11H17ClN6O/c1-3-13-10-14-9(12)15-11(16-10)18-6-4-17(5-7-18)8(2)19/h3-7H2,1-2H3,(H,13,14,15,16). The van der Waals surface area contributed by atoms with E-state index in [1.165, 1.54) is 0 Å². The topological polar surface area (TPSA) is 74.2 Å². The minimum absolute atomic E-state index is 0.0988. The number of piperazine rings is 1. The molecule has 8 heteroatoms. The normalized spacial score (nSPS) is 15.5. The summed E-state index contributed by atoms with van der Waals surface area (Å²) in [6, 6.07) is 0. The van der Waals surface area contributed by atoms with Gasteiger partial charge in [-0.3, -0.25) is 4.79 Å². The summed E-state index contributed by atoms with van der Waals surface area (Å²) in [5.74, 6) is 1.13.